The van der Waals surface area contributed by atoms with E-state index in [0.29, 0.717) is 22.7 Å². The topological polar surface area (TPSA) is 66.5 Å². The zero-order chi connectivity index (χ0) is 20.2. The Labute approximate surface area is 166 Å². The Morgan fingerprint density at radius 2 is 1.78 bits per heavy atom. The molecule has 1 amide bonds. The van der Waals surface area contributed by atoms with E-state index in [0.717, 1.165) is 21.7 Å². The van der Waals surface area contributed by atoms with Gasteiger partial charge in [-0.3, -0.25) is 9.10 Å². The minimum atomic E-state index is -3.65. The van der Waals surface area contributed by atoms with E-state index in [9.17, 15) is 13.2 Å². The van der Waals surface area contributed by atoms with Gasteiger partial charge in [0.15, 0.2) is 0 Å². The Morgan fingerprint density at radius 1 is 1.15 bits per heavy atom. The van der Waals surface area contributed by atoms with E-state index in [2.05, 4.69) is 5.32 Å². The van der Waals surface area contributed by atoms with Crippen LogP contribution in [-0.2, 0) is 14.8 Å². The second-order valence-corrected chi connectivity index (χ2v) is 8.91. The summed E-state index contributed by atoms with van der Waals surface area (Å²) >= 11 is 6.12. The quantitative estimate of drug-likeness (QED) is 0.753. The van der Waals surface area contributed by atoms with Crippen LogP contribution in [0.3, 0.4) is 0 Å². The number of nitrogens with one attached hydrogen (secondary N) is 1. The summed E-state index contributed by atoms with van der Waals surface area (Å²) in [6, 6.07) is 12.7. The molecular weight excluding hydrogens is 384 g/mol. The number of sulfonamides is 1. The van der Waals surface area contributed by atoms with Crippen molar-refractivity contribution >= 4 is 33.2 Å². The summed E-state index contributed by atoms with van der Waals surface area (Å²) in [5, 5.41) is 3.38. The molecule has 0 radical (unpaired) electrons. The van der Waals surface area contributed by atoms with Crippen molar-refractivity contribution < 1.29 is 13.2 Å². The fourth-order valence-electron chi connectivity index (χ4n) is 2.84. The van der Waals surface area contributed by atoms with Gasteiger partial charge in [-0.1, -0.05) is 54.4 Å². The first-order valence-corrected chi connectivity index (χ1v) is 10.9. The standard InChI is InChI=1S/C20H25ClN2O3S/c1-5-18(16-11-9-14(2)10-12-16)22-20(24)13-23(27(4,25)26)19-8-6-7-17(21)15(19)3/h6-12,18H,5,13H2,1-4H3,(H,22,24)/t18-/m1/s1. The average molecular weight is 409 g/mol. The van der Waals surface area contributed by atoms with Gasteiger partial charge in [0.2, 0.25) is 15.9 Å². The molecule has 5 nitrogen and oxygen atoms in total. The lowest BCUT2D eigenvalue weighted by Gasteiger charge is -2.25. The highest BCUT2D eigenvalue weighted by atomic mass is 35.5. The molecule has 0 spiro atoms. The van der Waals surface area contributed by atoms with E-state index in [1.165, 1.54) is 0 Å². The molecule has 146 valence electrons. The first-order valence-electron chi connectivity index (χ1n) is 8.72. The Kier molecular flexibility index (Phi) is 6.89. The van der Waals surface area contributed by atoms with E-state index in [4.69, 9.17) is 11.6 Å². The van der Waals surface area contributed by atoms with E-state index < -0.39 is 10.0 Å². The lowest BCUT2D eigenvalue weighted by Crippen LogP contribution is -2.41. The third-order valence-corrected chi connectivity index (χ3v) is 5.95. The van der Waals surface area contributed by atoms with Crippen molar-refractivity contribution in [2.45, 2.75) is 33.2 Å². The summed E-state index contributed by atoms with van der Waals surface area (Å²) < 4.78 is 25.7. The van der Waals surface area contributed by atoms with Gasteiger partial charge in [-0.2, -0.15) is 0 Å². The first kappa shape index (κ1) is 21.3. The van der Waals surface area contributed by atoms with Gasteiger partial charge in [0.05, 0.1) is 18.0 Å². The van der Waals surface area contributed by atoms with Crippen LogP contribution in [-0.4, -0.2) is 27.1 Å². The number of halogens is 1. The van der Waals surface area contributed by atoms with Gasteiger partial charge in [0.1, 0.15) is 6.54 Å². The van der Waals surface area contributed by atoms with Crippen molar-refractivity contribution in [2.24, 2.45) is 0 Å². The monoisotopic (exact) mass is 408 g/mol. The van der Waals surface area contributed by atoms with Crippen molar-refractivity contribution in [3.05, 3.63) is 64.2 Å². The Hall–Kier alpha value is -2.05. The predicted molar refractivity (Wildman–Crippen MR) is 111 cm³/mol. The molecule has 0 heterocycles. The largest absolute Gasteiger partial charge is 0.348 e. The van der Waals surface area contributed by atoms with Crippen LogP contribution >= 0.6 is 11.6 Å². The van der Waals surface area contributed by atoms with Gasteiger partial charge in [-0.25, -0.2) is 8.42 Å². The molecule has 2 rings (SSSR count). The molecule has 7 heteroatoms. The fourth-order valence-corrected chi connectivity index (χ4v) is 3.91. The molecule has 0 aliphatic heterocycles. The zero-order valence-electron chi connectivity index (χ0n) is 16.0. The van der Waals surface area contributed by atoms with Crippen LogP contribution < -0.4 is 9.62 Å². The van der Waals surface area contributed by atoms with E-state index in [1.807, 2.05) is 38.1 Å². The van der Waals surface area contributed by atoms with Crippen molar-refractivity contribution in [1.29, 1.82) is 0 Å². The SMILES string of the molecule is CC[C@@H](NC(=O)CN(c1cccc(Cl)c1C)S(C)(=O)=O)c1ccc(C)cc1. The molecule has 1 N–H and O–H groups in total. The molecule has 2 aromatic rings. The predicted octanol–water partition coefficient (Wildman–Crippen LogP) is 3.99. The third kappa shape index (κ3) is 5.47. The molecule has 0 unspecified atom stereocenters. The van der Waals surface area contributed by atoms with Crippen LogP contribution in [0.1, 0.15) is 36.1 Å². The van der Waals surface area contributed by atoms with Gasteiger partial charge in [0, 0.05) is 5.02 Å². The van der Waals surface area contributed by atoms with Crippen molar-refractivity contribution in [3.8, 4) is 0 Å². The van der Waals surface area contributed by atoms with Gasteiger partial charge >= 0.3 is 0 Å². The number of carbonyl (C=O) groups is 1. The number of benzene rings is 2. The highest BCUT2D eigenvalue weighted by Gasteiger charge is 2.24. The number of nitrogens with zero attached hydrogens (tertiary/aromatic N) is 1. The lowest BCUT2D eigenvalue weighted by atomic mass is 10.0. The number of amides is 1. The second-order valence-electron chi connectivity index (χ2n) is 6.59. The molecule has 0 aliphatic rings. The molecular formula is C20H25ClN2O3S. The summed E-state index contributed by atoms with van der Waals surface area (Å²) in [6.07, 6.45) is 1.78. The molecule has 27 heavy (non-hydrogen) atoms. The Bertz CT molecular complexity index is 911. The summed E-state index contributed by atoms with van der Waals surface area (Å²) in [6.45, 7) is 5.40. The Morgan fingerprint density at radius 3 is 2.33 bits per heavy atom. The maximum atomic E-state index is 12.6. The van der Waals surface area contributed by atoms with Crippen LogP contribution in [0.2, 0.25) is 5.02 Å². The number of anilines is 1. The summed E-state index contributed by atoms with van der Waals surface area (Å²) in [5.41, 5.74) is 3.15. The first-order chi connectivity index (χ1) is 12.6. The molecule has 0 saturated carbocycles. The van der Waals surface area contributed by atoms with Crippen molar-refractivity contribution in [1.82, 2.24) is 5.32 Å². The Balaban J connectivity index is 2.23. The van der Waals surface area contributed by atoms with Crippen molar-refractivity contribution in [3.63, 3.8) is 0 Å². The highest BCUT2D eigenvalue weighted by Crippen LogP contribution is 2.28. The van der Waals surface area contributed by atoms with Crippen LogP contribution in [0.25, 0.3) is 0 Å². The molecule has 0 aliphatic carbocycles. The number of hydrogen-bond acceptors (Lipinski definition) is 3. The second kappa shape index (κ2) is 8.76. The summed E-state index contributed by atoms with van der Waals surface area (Å²) in [5.74, 6) is -0.368. The van der Waals surface area contributed by atoms with Crippen molar-refractivity contribution in [2.75, 3.05) is 17.1 Å². The maximum absolute atomic E-state index is 12.6. The maximum Gasteiger partial charge on any atom is 0.241 e. The number of aryl methyl sites for hydroxylation is 1. The molecule has 0 aromatic heterocycles. The fraction of sp³-hybridized carbons (Fsp3) is 0.350. The normalized spacial score (nSPS) is 12.5. The molecule has 0 bridgehead atoms. The third-order valence-electron chi connectivity index (χ3n) is 4.42. The molecule has 0 saturated heterocycles. The van der Waals surface area contributed by atoms with Crippen LogP contribution in [0.15, 0.2) is 42.5 Å². The van der Waals surface area contributed by atoms with Gasteiger partial charge in [0.25, 0.3) is 0 Å². The van der Waals surface area contributed by atoms with Gasteiger partial charge in [-0.05, 0) is 43.5 Å². The van der Waals surface area contributed by atoms with Gasteiger partial charge in [-0.15, -0.1) is 0 Å². The zero-order valence-corrected chi connectivity index (χ0v) is 17.6. The molecule has 2 aromatic carbocycles. The number of rotatable bonds is 7. The van der Waals surface area contributed by atoms with E-state index >= 15 is 0 Å². The van der Waals surface area contributed by atoms with E-state index in [-0.39, 0.29) is 18.5 Å². The molecule has 0 fully saturated rings. The lowest BCUT2D eigenvalue weighted by molar-refractivity contribution is -0.120. The number of hydrogen-bond donors (Lipinski definition) is 1. The van der Waals surface area contributed by atoms with Crippen LogP contribution in [0, 0.1) is 13.8 Å². The minimum absolute atomic E-state index is 0.181. The van der Waals surface area contributed by atoms with E-state index in [1.54, 1.807) is 25.1 Å². The average Bonchev–Trinajstić information content (AvgIpc) is 2.60. The smallest absolute Gasteiger partial charge is 0.241 e. The van der Waals surface area contributed by atoms with Crippen LogP contribution in [0.4, 0.5) is 5.69 Å². The van der Waals surface area contributed by atoms with Gasteiger partial charge < -0.3 is 5.32 Å². The minimum Gasteiger partial charge on any atom is -0.348 e. The molecule has 1 atom stereocenters. The van der Waals surface area contributed by atoms with Crippen LogP contribution in [0.5, 0.6) is 0 Å². The highest BCUT2D eigenvalue weighted by molar-refractivity contribution is 7.92. The summed E-state index contributed by atoms with van der Waals surface area (Å²) in [4.78, 5) is 12.6. The number of carbonyl (C=O) groups excluding carboxylic acids is 1. The summed E-state index contributed by atoms with van der Waals surface area (Å²) in [7, 11) is -3.65.